The summed E-state index contributed by atoms with van der Waals surface area (Å²) in [6.45, 7) is 2.42. The highest BCUT2D eigenvalue weighted by Gasteiger charge is 2.33. The molecule has 3 aromatic heterocycles. The van der Waals surface area contributed by atoms with Crippen molar-refractivity contribution in [3.05, 3.63) is 75.7 Å². The topological polar surface area (TPSA) is 128 Å². The Kier molecular flexibility index (Phi) is 6.76. The molecule has 0 spiro atoms. The van der Waals surface area contributed by atoms with Crippen molar-refractivity contribution >= 4 is 17.5 Å². The maximum Gasteiger partial charge on any atom is 0.306 e. The lowest BCUT2D eigenvalue weighted by atomic mass is 10.2. The summed E-state index contributed by atoms with van der Waals surface area (Å²) in [4.78, 5) is 36.8. The Hall–Kier alpha value is -3.89. The van der Waals surface area contributed by atoms with Gasteiger partial charge in [0.2, 0.25) is 5.91 Å². The quantitative estimate of drug-likeness (QED) is 0.484. The van der Waals surface area contributed by atoms with Gasteiger partial charge in [0.15, 0.2) is 5.82 Å². The van der Waals surface area contributed by atoms with Gasteiger partial charge in [0.25, 0.3) is 5.56 Å². The van der Waals surface area contributed by atoms with E-state index in [9.17, 15) is 18.4 Å². The van der Waals surface area contributed by atoms with Crippen molar-refractivity contribution in [2.75, 3.05) is 17.6 Å². The largest absolute Gasteiger partial charge is 0.384 e. The Bertz CT molecular complexity index is 1170. The highest BCUT2D eigenvalue weighted by atomic mass is 19.3. The number of carbonyl (C=O) groups excluding carboxylic acids is 1. The molecular weight excluding hydrogens is 420 g/mol. The van der Waals surface area contributed by atoms with Crippen LogP contribution in [0.25, 0.3) is 0 Å². The zero-order valence-corrected chi connectivity index (χ0v) is 17.6. The smallest absolute Gasteiger partial charge is 0.306 e. The average molecular weight is 443 g/mol. The highest BCUT2D eigenvalue weighted by Crippen LogP contribution is 2.25. The van der Waals surface area contributed by atoms with Crippen LogP contribution in [0.4, 0.5) is 20.4 Å². The fourth-order valence-electron chi connectivity index (χ4n) is 2.94. The average Bonchev–Trinajstić information content (AvgIpc) is 2.76. The van der Waals surface area contributed by atoms with E-state index in [-0.39, 0.29) is 18.9 Å². The third-order valence-electron chi connectivity index (χ3n) is 4.77. The van der Waals surface area contributed by atoms with Crippen molar-refractivity contribution in [3.63, 3.8) is 0 Å². The third kappa shape index (κ3) is 5.42. The van der Waals surface area contributed by atoms with Crippen molar-refractivity contribution < 1.29 is 13.6 Å². The second-order valence-corrected chi connectivity index (χ2v) is 7.17. The monoisotopic (exact) mass is 443 g/mol. The molecule has 3 rings (SSSR count). The molecule has 4 N–H and O–H groups in total. The number of hydrogen-bond donors (Lipinski definition) is 3. The molecule has 0 radical (unpaired) electrons. The number of hydrogen-bond acceptors (Lipinski definition) is 7. The Morgan fingerprint density at radius 1 is 1.19 bits per heavy atom. The standard InChI is InChI=1S/C21H23F2N7O2/c1-13-9-27-19(28-12-21(22,23)16-5-3-4-8-25-16)20(32)30(13)11-18(31)26-10-15-6-7-17(24)29-14(15)2/h3-9H,10-12H2,1-2H3,(H2,24,29)(H,26,31)(H,27,28). The second-order valence-electron chi connectivity index (χ2n) is 7.17. The van der Waals surface area contributed by atoms with Crippen LogP contribution in [0, 0.1) is 13.8 Å². The van der Waals surface area contributed by atoms with E-state index in [0.29, 0.717) is 17.2 Å². The molecule has 1 amide bonds. The van der Waals surface area contributed by atoms with E-state index in [2.05, 4.69) is 25.6 Å². The minimum atomic E-state index is -3.31. The van der Waals surface area contributed by atoms with E-state index in [0.717, 1.165) is 10.1 Å². The molecule has 0 bridgehead atoms. The number of pyridine rings is 2. The Labute approximate surface area is 182 Å². The van der Waals surface area contributed by atoms with Crippen LogP contribution >= 0.6 is 0 Å². The molecule has 0 aliphatic heterocycles. The normalized spacial score (nSPS) is 11.2. The number of nitrogens with one attached hydrogen (secondary N) is 2. The molecule has 0 atom stereocenters. The Morgan fingerprint density at radius 3 is 2.66 bits per heavy atom. The number of carbonyl (C=O) groups is 1. The van der Waals surface area contributed by atoms with Crippen LogP contribution in [0.2, 0.25) is 0 Å². The first-order valence-electron chi connectivity index (χ1n) is 9.75. The van der Waals surface area contributed by atoms with Gasteiger partial charge < -0.3 is 16.4 Å². The SMILES string of the molecule is Cc1nc(N)ccc1CNC(=O)Cn1c(C)cnc(NCC(F)(F)c2ccccn2)c1=O. The van der Waals surface area contributed by atoms with Crippen LogP contribution in [0.5, 0.6) is 0 Å². The zero-order chi connectivity index (χ0) is 23.3. The lowest BCUT2D eigenvalue weighted by Crippen LogP contribution is -2.36. The van der Waals surface area contributed by atoms with Crippen LogP contribution in [0.15, 0.2) is 47.5 Å². The predicted octanol–water partition coefficient (Wildman–Crippen LogP) is 1.75. The second kappa shape index (κ2) is 9.50. The summed E-state index contributed by atoms with van der Waals surface area (Å²) in [5.74, 6) is -3.64. The number of aromatic nitrogens is 4. The fourth-order valence-corrected chi connectivity index (χ4v) is 2.94. The summed E-state index contributed by atoms with van der Waals surface area (Å²) < 4.78 is 29.9. The van der Waals surface area contributed by atoms with E-state index in [4.69, 9.17) is 5.73 Å². The maximum atomic E-state index is 14.3. The number of rotatable bonds is 8. The molecule has 3 heterocycles. The summed E-state index contributed by atoms with van der Waals surface area (Å²) in [6, 6.07) is 7.57. The van der Waals surface area contributed by atoms with Gasteiger partial charge in [0.1, 0.15) is 18.1 Å². The molecule has 3 aromatic rings. The lowest BCUT2D eigenvalue weighted by Gasteiger charge is -2.17. The molecule has 0 unspecified atom stereocenters. The minimum absolute atomic E-state index is 0.207. The molecule has 0 fully saturated rings. The molecular formula is C21H23F2N7O2. The Balaban J connectivity index is 1.68. The van der Waals surface area contributed by atoms with Gasteiger partial charge in [0, 0.05) is 30.3 Å². The summed E-state index contributed by atoms with van der Waals surface area (Å²) in [5.41, 5.74) is 6.40. The molecule has 0 aliphatic carbocycles. The van der Waals surface area contributed by atoms with Crippen LogP contribution in [0.3, 0.4) is 0 Å². The van der Waals surface area contributed by atoms with Crippen LogP contribution < -0.4 is 21.9 Å². The van der Waals surface area contributed by atoms with Gasteiger partial charge in [0.05, 0.1) is 6.54 Å². The molecule has 0 aliphatic rings. The lowest BCUT2D eigenvalue weighted by molar-refractivity contribution is -0.121. The number of nitrogen functional groups attached to an aromatic ring is 1. The molecule has 9 nitrogen and oxygen atoms in total. The Morgan fingerprint density at radius 2 is 1.97 bits per heavy atom. The molecule has 0 aromatic carbocycles. The summed E-state index contributed by atoms with van der Waals surface area (Å²) in [5, 5.41) is 5.09. The van der Waals surface area contributed by atoms with Gasteiger partial charge >= 0.3 is 5.92 Å². The number of anilines is 2. The molecule has 11 heteroatoms. The van der Waals surface area contributed by atoms with E-state index >= 15 is 0 Å². The van der Waals surface area contributed by atoms with E-state index in [1.54, 1.807) is 26.0 Å². The van der Waals surface area contributed by atoms with Crippen molar-refractivity contribution in [1.82, 2.24) is 24.8 Å². The number of halogens is 2. The number of nitrogens with zero attached hydrogens (tertiary/aromatic N) is 4. The number of amides is 1. The molecule has 0 saturated heterocycles. The first-order chi connectivity index (χ1) is 15.2. The van der Waals surface area contributed by atoms with Crippen molar-refractivity contribution in [1.29, 1.82) is 0 Å². The molecule has 168 valence electrons. The fraction of sp³-hybridized carbons (Fsp3) is 0.286. The third-order valence-corrected chi connectivity index (χ3v) is 4.77. The summed E-state index contributed by atoms with van der Waals surface area (Å²) >= 11 is 0. The summed E-state index contributed by atoms with van der Waals surface area (Å²) in [6.07, 6.45) is 2.60. The number of aryl methyl sites for hydroxylation is 2. The van der Waals surface area contributed by atoms with Crippen LogP contribution in [-0.2, 0) is 23.8 Å². The van der Waals surface area contributed by atoms with Gasteiger partial charge in [-0.15, -0.1) is 0 Å². The minimum Gasteiger partial charge on any atom is -0.384 e. The first kappa shape index (κ1) is 22.8. The first-order valence-corrected chi connectivity index (χ1v) is 9.75. The number of alkyl halides is 2. The number of nitrogens with two attached hydrogens (primary N) is 1. The highest BCUT2D eigenvalue weighted by molar-refractivity contribution is 5.75. The van der Waals surface area contributed by atoms with E-state index in [1.165, 1.54) is 30.6 Å². The van der Waals surface area contributed by atoms with Gasteiger partial charge in [-0.2, -0.15) is 8.78 Å². The van der Waals surface area contributed by atoms with Crippen LogP contribution in [-0.4, -0.2) is 32.0 Å². The predicted molar refractivity (Wildman–Crippen MR) is 115 cm³/mol. The van der Waals surface area contributed by atoms with Gasteiger partial charge in [-0.25, -0.2) is 9.97 Å². The van der Waals surface area contributed by atoms with E-state index < -0.39 is 29.6 Å². The van der Waals surface area contributed by atoms with Gasteiger partial charge in [-0.3, -0.25) is 19.1 Å². The zero-order valence-electron chi connectivity index (χ0n) is 17.6. The van der Waals surface area contributed by atoms with Crippen molar-refractivity contribution in [3.8, 4) is 0 Å². The molecule has 0 saturated carbocycles. The van der Waals surface area contributed by atoms with Crippen LogP contribution in [0.1, 0.15) is 22.6 Å². The van der Waals surface area contributed by atoms with Gasteiger partial charge in [-0.05, 0) is 37.6 Å². The molecule has 32 heavy (non-hydrogen) atoms. The van der Waals surface area contributed by atoms with E-state index in [1.807, 2.05) is 0 Å². The summed E-state index contributed by atoms with van der Waals surface area (Å²) in [7, 11) is 0. The van der Waals surface area contributed by atoms with Gasteiger partial charge in [-0.1, -0.05) is 12.1 Å². The van der Waals surface area contributed by atoms with Crippen molar-refractivity contribution in [2.24, 2.45) is 0 Å². The maximum absolute atomic E-state index is 14.3. The van der Waals surface area contributed by atoms with Crippen molar-refractivity contribution in [2.45, 2.75) is 32.9 Å².